The van der Waals surface area contributed by atoms with E-state index < -0.39 is 6.04 Å². The lowest BCUT2D eigenvalue weighted by Gasteiger charge is -2.43. The van der Waals surface area contributed by atoms with Gasteiger partial charge in [-0.15, -0.1) is 0 Å². The molecule has 2 aliphatic rings. The number of amides is 1. The van der Waals surface area contributed by atoms with Crippen molar-refractivity contribution < 1.29 is 9.90 Å². The van der Waals surface area contributed by atoms with E-state index in [1.54, 1.807) is 18.2 Å². The summed E-state index contributed by atoms with van der Waals surface area (Å²) in [4.78, 5) is 17.6. The standard InChI is InChI=1S/C23H34ClN5O2/c1-14-12-16(6-7-17(14)24)28-29-18(19(25)26-10-5-11-30)20(31)27-21-22(2,3)15-8-9-23(21,4)13-15/h6-7,12,15,18,21,30H,5,8-11,13H2,1-4H3,(H2,25,26)(H,27,31). The molecule has 0 spiro atoms. The average molecular weight is 448 g/mol. The van der Waals surface area contributed by atoms with Gasteiger partial charge in [-0.2, -0.15) is 10.2 Å². The monoisotopic (exact) mass is 447 g/mol. The summed E-state index contributed by atoms with van der Waals surface area (Å²) in [6, 6.07) is 4.32. The van der Waals surface area contributed by atoms with E-state index in [4.69, 9.17) is 22.4 Å². The van der Waals surface area contributed by atoms with Crippen LogP contribution in [0.15, 0.2) is 33.4 Å². The molecule has 2 saturated carbocycles. The van der Waals surface area contributed by atoms with Gasteiger partial charge < -0.3 is 16.2 Å². The Morgan fingerprint density at radius 3 is 2.74 bits per heavy atom. The first-order valence-electron chi connectivity index (χ1n) is 11.0. The molecule has 3 rings (SSSR count). The summed E-state index contributed by atoms with van der Waals surface area (Å²) in [7, 11) is 0. The number of rotatable bonds is 8. The zero-order chi connectivity index (χ0) is 22.8. The highest BCUT2D eigenvalue weighted by Crippen LogP contribution is 2.62. The van der Waals surface area contributed by atoms with Gasteiger partial charge in [0.2, 0.25) is 6.04 Å². The molecule has 31 heavy (non-hydrogen) atoms. The number of azo groups is 1. The Balaban J connectivity index is 1.83. The van der Waals surface area contributed by atoms with E-state index in [0.29, 0.717) is 29.6 Å². The van der Waals surface area contributed by atoms with E-state index in [1.165, 1.54) is 6.42 Å². The van der Waals surface area contributed by atoms with Crippen LogP contribution in [0.3, 0.4) is 0 Å². The van der Waals surface area contributed by atoms with Gasteiger partial charge in [-0.1, -0.05) is 32.4 Å². The Kier molecular flexibility index (Phi) is 7.06. The minimum absolute atomic E-state index is 0.00915. The predicted octanol–water partition coefficient (Wildman–Crippen LogP) is 4.17. The van der Waals surface area contributed by atoms with Gasteiger partial charge in [0.25, 0.3) is 5.91 Å². The number of halogens is 1. The topological polar surface area (TPSA) is 112 Å². The number of amidine groups is 1. The van der Waals surface area contributed by atoms with Gasteiger partial charge in [0, 0.05) is 24.2 Å². The molecule has 0 saturated heterocycles. The zero-order valence-electron chi connectivity index (χ0n) is 18.9. The molecule has 2 aliphatic carbocycles. The van der Waals surface area contributed by atoms with Crippen molar-refractivity contribution in [1.82, 2.24) is 5.32 Å². The van der Waals surface area contributed by atoms with Crippen molar-refractivity contribution in [3.05, 3.63) is 28.8 Å². The summed E-state index contributed by atoms with van der Waals surface area (Å²) in [5.41, 5.74) is 7.73. The van der Waals surface area contributed by atoms with Crippen LogP contribution in [0.25, 0.3) is 0 Å². The van der Waals surface area contributed by atoms with E-state index in [2.05, 4.69) is 41.3 Å². The molecule has 0 heterocycles. The highest BCUT2D eigenvalue weighted by molar-refractivity contribution is 6.31. The third kappa shape index (κ3) is 4.93. The summed E-state index contributed by atoms with van der Waals surface area (Å²) in [6.45, 7) is 8.95. The molecule has 8 heteroatoms. The van der Waals surface area contributed by atoms with Crippen molar-refractivity contribution in [3.8, 4) is 0 Å². The predicted molar refractivity (Wildman–Crippen MR) is 124 cm³/mol. The number of benzene rings is 1. The summed E-state index contributed by atoms with van der Waals surface area (Å²) < 4.78 is 0. The number of hydrogen-bond donors (Lipinski definition) is 3. The molecule has 0 aromatic heterocycles. The largest absolute Gasteiger partial charge is 0.396 e. The Hall–Kier alpha value is -1.99. The van der Waals surface area contributed by atoms with Crippen LogP contribution in [0, 0.1) is 23.7 Å². The van der Waals surface area contributed by atoms with Crippen molar-refractivity contribution >= 4 is 29.0 Å². The van der Waals surface area contributed by atoms with Crippen LogP contribution in [0.2, 0.25) is 5.02 Å². The number of nitrogens with one attached hydrogen (secondary N) is 1. The van der Waals surface area contributed by atoms with Gasteiger partial charge >= 0.3 is 0 Å². The number of aliphatic hydroxyl groups is 1. The molecule has 1 amide bonds. The molecule has 4 atom stereocenters. The number of aryl methyl sites for hydroxylation is 1. The van der Waals surface area contributed by atoms with Gasteiger partial charge in [0.15, 0.2) is 0 Å². The van der Waals surface area contributed by atoms with Crippen LogP contribution in [0.4, 0.5) is 5.69 Å². The number of aliphatic imine (C=N–C) groups is 1. The maximum atomic E-state index is 13.3. The van der Waals surface area contributed by atoms with Crippen molar-refractivity contribution in [2.45, 2.75) is 65.5 Å². The highest BCUT2D eigenvalue weighted by Gasteiger charge is 2.60. The molecule has 7 nitrogen and oxygen atoms in total. The Morgan fingerprint density at radius 2 is 2.13 bits per heavy atom. The summed E-state index contributed by atoms with van der Waals surface area (Å²) in [5.74, 6) is 0.425. The van der Waals surface area contributed by atoms with Crippen molar-refractivity contribution in [3.63, 3.8) is 0 Å². The van der Waals surface area contributed by atoms with E-state index >= 15 is 0 Å². The molecule has 170 valence electrons. The van der Waals surface area contributed by atoms with Gasteiger partial charge in [-0.3, -0.25) is 9.79 Å². The lowest BCUT2D eigenvalue weighted by atomic mass is 9.68. The summed E-state index contributed by atoms with van der Waals surface area (Å²) in [5, 5.41) is 21.4. The van der Waals surface area contributed by atoms with E-state index in [-0.39, 0.29) is 35.2 Å². The fourth-order valence-corrected chi connectivity index (χ4v) is 5.43. The summed E-state index contributed by atoms with van der Waals surface area (Å²) >= 11 is 6.09. The van der Waals surface area contributed by atoms with Crippen LogP contribution >= 0.6 is 11.6 Å². The minimum atomic E-state index is -1.02. The molecule has 4 unspecified atom stereocenters. The van der Waals surface area contributed by atoms with Gasteiger partial charge in [0.05, 0.1) is 5.69 Å². The number of aliphatic hydroxyl groups excluding tert-OH is 1. The molecule has 4 N–H and O–H groups in total. The fourth-order valence-electron chi connectivity index (χ4n) is 5.31. The van der Waals surface area contributed by atoms with Crippen LogP contribution in [-0.2, 0) is 4.79 Å². The molecular formula is C23H34ClN5O2. The Labute approximate surface area is 189 Å². The molecule has 0 aliphatic heterocycles. The fraction of sp³-hybridized carbons (Fsp3) is 0.652. The van der Waals surface area contributed by atoms with E-state index in [1.807, 2.05) is 6.92 Å². The number of nitrogens with zero attached hydrogens (tertiary/aromatic N) is 3. The number of fused-ring (bicyclic) bond motifs is 2. The molecule has 1 aromatic carbocycles. The minimum Gasteiger partial charge on any atom is -0.396 e. The van der Waals surface area contributed by atoms with Gasteiger partial charge in [-0.25, -0.2) is 0 Å². The van der Waals surface area contributed by atoms with Crippen LogP contribution in [-0.4, -0.2) is 42.1 Å². The number of nitrogens with two attached hydrogens (primary N) is 1. The first-order chi connectivity index (χ1) is 14.6. The third-order valence-electron chi connectivity index (χ3n) is 7.13. The maximum absolute atomic E-state index is 13.3. The third-order valence-corrected chi connectivity index (χ3v) is 7.55. The second-order valence-electron chi connectivity index (χ2n) is 9.79. The second kappa shape index (κ2) is 9.25. The first kappa shape index (κ1) is 23.7. The number of hydrogen-bond acceptors (Lipinski definition) is 5. The number of carbonyl (C=O) groups excluding carboxylic acids is 1. The quantitative estimate of drug-likeness (QED) is 0.240. The lowest BCUT2D eigenvalue weighted by Crippen LogP contribution is -2.56. The van der Waals surface area contributed by atoms with Crippen molar-refractivity contribution in [1.29, 1.82) is 0 Å². The van der Waals surface area contributed by atoms with Crippen molar-refractivity contribution in [2.75, 3.05) is 13.2 Å². The van der Waals surface area contributed by atoms with Gasteiger partial charge in [-0.05, 0) is 73.1 Å². The normalized spacial score (nSPS) is 28.3. The molecule has 0 radical (unpaired) electrons. The molecule has 2 fully saturated rings. The number of carbonyl (C=O) groups is 1. The van der Waals surface area contributed by atoms with E-state index in [9.17, 15) is 4.79 Å². The maximum Gasteiger partial charge on any atom is 0.254 e. The Morgan fingerprint density at radius 1 is 1.39 bits per heavy atom. The zero-order valence-corrected chi connectivity index (χ0v) is 19.6. The van der Waals surface area contributed by atoms with Crippen LogP contribution < -0.4 is 11.1 Å². The molecule has 1 aromatic rings. The summed E-state index contributed by atoms with van der Waals surface area (Å²) in [6.07, 6.45) is 3.92. The van der Waals surface area contributed by atoms with E-state index in [0.717, 1.165) is 18.4 Å². The van der Waals surface area contributed by atoms with Gasteiger partial charge in [0.1, 0.15) is 5.84 Å². The average Bonchev–Trinajstić information content (AvgIpc) is 3.19. The SMILES string of the molecule is Cc1cc(N=NC(C(=O)NC2C3(C)CCC(C3)C2(C)C)C(N)=NCCCO)ccc1Cl. The molecule has 2 bridgehead atoms. The second-order valence-corrected chi connectivity index (χ2v) is 10.2. The first-order valence-corrected chi connectivity index (χ1v) is 11.3. The van der Waals surface area contributed by atoms with Crippen LogP contribution in [0.5, 0.6) is 0 Å². The van der Waals surface area contributed by atoms with Crippen molar-refractivity contribution in [2.24, 2.45) is 37.7 Å². The molecular weight excluding hydrogens is 414 g/mol. The smallest absolute Gasteiger partial charge is 0.254 e. The highest BCUT2D eigenvalue weighted by atomic mass is 35.5. The van der Waals surface area contributed by atoms with Crippen LogP contribution in [0.1, 0.15) is 52.0 Å². The lowest BCUT2D eigenvalue weighted by molar-refractivity contribution is -0.123. The Bertz CT molecular complexity index is 880.